The van der Waals surface area contributed by atoms with Crippen LogP contribution in [0.1, 0.15) is 13.8 Å². The van der Waals surface area contributed by atoms with E-state index in [0.29, 0.717) is 24.3 Å². The highest BCUT2D eigenvalue weighted by Gasteiger charge is 2.14. The Bertz CT molecular complexity index is 687. The smallest absolute Gasteiger partial charge is 0.260 e. The molecule has 1 aromatic heterocycles. The Morgan fingerprint density at radius 3 is 2.55 bits per heavy atom. The Labute approximate surface area is 117 Å². The molecule has 0 atom stereocenters. The van der Waals surface area contributed by atoms with Gasteiger partial charge in [-0.05, 0) is 31.4 Å². The van der Waals surface area contributed by atoms with Gasteiger partial charge < -0.3 is 10.6 Å². The van der Waals surface area contributed by atoms with Crippen molar-refractivity contribution in [3.8, 4) is 0 Å². The summed E-state index contributed by atoms with van der Waals surface area (Å²) < 4.78 is 1.34. The second-order valence-corrected chi connectivity index (χ2v) is 4.61. The van der Waals surface area contributed by atoms with Crippen molar-refractivity contribution in [3.63, 3.8) is 0 Å². The summed E-state index contributed by atoms with van der Waals surface area (Å²) in [5.41, 5.74) is 5.69. The molecule has 0 saturated carbocycles. The monoisotopic (exact) mass is 273 g/mol. The van der Waals surface area contributed by atoms with Gasteiger partial charge in [-0.2, -0.15) is 0 Å². The van der Waals surface area contributed by atoms with E-state index in [1.165, 1.54) is 4.57 Å². The molecular formula is C15H19N3O2. The van der Waals surface area contributed by atoms with Gasteiger partial charge in [-0.3, -0.25) is 14.2 Å². The van der Waals surface area contributed by atoms with E-state index >= 15 is 0 Å². The topological polar surface area (TPSA) is 68.3 Å². The van der Waals surface area contributed by atoms with Crippen LogP contribution in [-0.2, 0) is 11.3 Å². The zero-order valence-electron chi connectivity index (χ0n) is 11.8. The molecule has 106 valence electrons. The molecule has 0 bridgehead atoms. The number of anilines is 1. The van der Waals surface area contributed by atoms with Crippen LogP contribution in [0.4, 0.5) is 5.82 Å². The van der Waals surface area contributed by atoms with Crippen LogP contribution in [-0.4, -0.2) is 28.5 Å². The summed E-state index contributed by atoms with van der Waals surface area (Å²) in [6.07, 6.45) is 0. The SMILES string of the molecule is CCN(CC)C(=O)Cn1c(N)cc2ccccc2c1=O. The summed E-state index contributed by atoms with van der Waals surface area (Å²) in [6.45, 7) is 5.05. The number of aromatic nitrogens is 1. The number of pyridine rings is 1. The number of amides is 1. The Kier molecular flexibility index (Phi) is 4.08. The summed E-state index contributed by atoms with van der Waals surface area (Å²) >= 11 is 0. The van der Waals surface area contributed by atoms with Crippen molar-refractivity contribution in [1.29, 1.82) is 0 Å². The largest absolute Gasteiger partial charge is 0.385 e. The van der Waals surface area contributed by atoms with Gasteiger partial charge in [0.05, 0.1) is 0 Å². The Morgan fingerprint density at radius 1 is 1.25 bits per heavy atom. The normalized spacial score (nSPS) is 10.7. The number of likely N-dealkylation sites (N-methyl/N-ethyl adjacent to an activating group) is 1. The number of nitrogen functional groups attached to an aromatic ring is 1. The molecule has 2 aromatic rings. The fraction of sp³-hybridized carbons (Fsp3) is 0.333. The van der Waals surface area contributed by atoms with E-state index in [4.69, 9.17) is 5.73 Å². The molecule has 0 aliphatic rings. The molecule has 0 radical (unpaired) electrons. The van der Waals surface area contributed by atoms with E-state index in [1.54, 1.807) is 23.1 Å². The van der Waals surface area contributed by atoms with E-state index in [2.05, 4.69) is 0 Å². The minimum atomic E-state index is -0.221. The third-order valence-corrected chi connectivity index (χ3v) is 3.46. The van der Waals surface area contributed by atoms with E-state index < -0.39 is 0 Å². The summed E-state index contributed by atoms with van der Waals surface area (Å²) in [6, 6.07) is 8.97. The predicted octanol–water partition coefficient (Wildman–Crippen LogP) is 1.45. The van der Waals surface area contributed by atoms with Gasteiger partial charge in [0.1, 0.15) is 12.4 Å². The van der Waals surface area contributed by atoms with Gasteiger partial charge in [0.25, 0.3) is 5.56 Å². The highest BCUT2D eigenvalue weighted by Crippen LogP contribution is 2.13. The molecule has 0 aliphatic heterocycles. The van der Waals surface area contributed by atoms with Crippen molar-refractivity contribution in [2.45, 2.75) is 20.4 Å². The lowest BCUT2D eigenvalue weighted by molar-refractivity contribution is -0.131. The first-order chi connectivity index (χ1) is 9.58. The Hall–Kier alpha value is -2.30. The molecule has 1 aromatic carbocycles. The summed E-state index contributed by atoms with van der Waals surface area (Å²) in [7, 11) is 0. The number of carbonyl (C=O) groups is 1. The van der Waals surface area contributed by atoms with Crippen LogP contribution in [0.15, 0.2) is 35.1 Å². The molecule has 0 aliphatic carbocycles. The van der Waals surface area contributed by atoms with Gasteiger partial charge in [-0.25, -0.2) is 0 Å². The lowest BCUT2D eigenvalue weighted by Gasteiger charge is -2.20. The molecule has 1 amide bonds. The Morgan fingerprint density at radius 2 is 1.90 bits per heavy atom. The average Bonchev–Trinajstić information content (AvgIpc) is 2.45. The molecule has 5 nitrogen and oxygen atoms in total. The van der Waals surface area contributed by atoms with Gasteiger partial charge >= 0.3 is 0 Å². The maximum Gasteiger partial charge on any atom is 0.260 e. The van der Waals surface area contributed by atoms with Crippen LogP contribution in [0.25, 0.3) is 10.8 Å². The second kappa shape index (κ2) is 5.77. The summed E-state index contributed by atoms with van der Waals surface area (Å²) in [5.74, 6) is 0.216. The first kappa shape index (κ1) is 14.1. The van der Waals surface area contributed by atoms with Gasteiger partial charge in [0.15, 0.2) is 0 Å². The van der Waals surface area contributed by atoms with E-state index in [-0.39, 0.29) is 18.0 Å². The number of rotatable bonds is 4. The first-order valence-corrected chi connectivity index (χ1v) is 6.74. The fourth-order valence-electron chi connectivity index (χ4n) is 2.29. The number of nitrogens with two attached hydrogens (primary N) is 1. The minimum Gasteiger partial charge on any atom is -0.385 e. The number of fused-ring (bicyclic) bond motifs is 1. The second-order valence-electron chi connectivity index (χ2n) is 4.61. The molecule has 0 fully saturated rings. The predicted molar refractivity (Wildman–Crippen MR) is 80.5 cm³/mol. The fourth-order valence-corrected chi connectivity index (χ4v) is 2.29. The van der Waals surface area contributed by atoms with Crippen molar-refractivity contribution in [3.05, 3.63) is 40.7 Å². The van der Waals surface area contributed by atoms with E-state index in [0.717, 1.165) is 5.39 Å². The summed E-state index contributed by atoms with van der Waals surface area (Å²) in [4.78, 5) is 26.2. The Balaban J connectivity index is 2.45. The average molecular weight is 273 g/mol. The highest BCUT2D eigenvalue weighted by atomic mass is 16.2. The van der Waals surface area contributed by atoms with Crippen LogP contribution in [0.3, 0.4) is 0 Å². The zero-order valence-corrected chi connectivity index (χ0v) is 11.8. The van der Waals surface area contributed by atoms with Crippen LogP contribution in [0.2, 0.25) is 0 Å². The quantitative estimate of drug-likeness (QED) is 0.916. The van der Waals surface area contributed by atoms with Crippen LogP contribution >= 0.6 is 0 Å². The minimum absolute atomic E-state index is 0.0167. The molecule has 0 spiro atoms. The number of carbonyl (C=O) groups excluding carboxylic acids is 1. The molecule has 0 unspecified atom stereocenters. The van der Waals surface area contributed by atoms with Crippen molar-refractivity contribution < 1.29 is 4.79 Å². The van der Waals surface area contributed by atoms with Crippen molar-refractivity contribution in [1.82, 2.24) is 9.47 Å². The lowest BCUT2D eigenvalue weighted by Crippen LogP contribution is -2.37. The lowest BCUT2D eigenvalue weighted by atomic mass is 10.1. The molecule has 20 heavy (non-hydrogen) atoms. The van der Waals surface area contributed by atoms with Gasteiger partial charge in [0.2, 0.25) is 5.91 Å². The van der Waals surface area contributed by atoms with Crippen LogP contribution in [0, 0.1) is 0 Å². The van der Waals surface area contributed by atoms with Gasteiger partial charge in [-0.15, -0.1) is 0 Å². The standard InChI is InChI=1S/C15H19N3O2/c1-3-17(4-2)14(19)10-18-13(16)9-11-7-5-6-8-12(11)15(18)20/h5-9H,3-4,10,16H2,1-2H3. The van der Waals surface area contributed by atoms with Crippen molar-refractivity contribution >= 4 is 22.5 Å². The highest BCUT2D eigenvalue weighted by molar-refractivity contribution is 5.84. The number of hydrogen-bond donors (Lipinski definition) is 1. The van der Waals surface area contributed by atoms with E-state index in [1.807, 2.05) is 26.0 Å². The van der Waals surface area contributed by atoms with Gasteiger partial charge in [0, 0.05) is 18.5 Å². The van der Waals surface area contributed by atoms with Crippen molar-refractivity contribution in [2.24, 2.45) is 0 Å². The van der Waals surface area contributed by atoms with E-state index in [9.17, 15) is 9.59 Å². The first-order valence-electron chi connectivity index (χ1n) is 6.74. The molecule has 0 saturated heterocycles. The zero-order chi connectivity index (χ0) is 14.7. The third kappa shape index (κ3) is 2.52. The molecule has 2 rings (SSSR count). The summed E-state index contributed by atoms with van der Waals surface area (Å²) in [5, 5.41) is 1.37. The number of benzene rings is 1. The maximum atomic E-state index is 12.4. The molecule has 5 heteroatoms. The van der Waals surface area contributed by atoms with Crippen molar-refractivity contribution in [2.75, 3.05) is 18.8 Å². The molecule has 2 N–H and O–H groups in total. The van der Waals surface area contributed by atoms with Crippen LogP contribution < -0.4 is 11.3 Å². The number of nitrogens with zero attached hydrogens (tertiary/aromatic N) is 2. The number of hydrogen-bond acceptors (Lipinski definition) is 3. The molecular weight excluding hydrogens is 254 g/mol. The maximum absolute atomic E-state index is 12.4. The third-order valence-electron chi connectivity index (χ3n) is 3.46. The molecule has 1 heterocycles. The van der Waals surface area contributed by atoms with Crippen LogP contribution in [0.5, 0.6) is 0 Å². The van der Waals surface area contributed by atoms with Gasteiger partial charge in [-0.1, -0.05) is 18.2 Å².